The van der Waals surface area contributed by atoms with E-state index in [-0.39, 0.29) is 5.41 Å². The molecule has 2 fully saturated rings. The van der Waals surface area contributed by atoms with Crippen LogP contribution in [0.4, 0.5) is 0 Å². The first-order valence-electron chi connectivity index (χ1n) is 8.48. The van der Waals surface area contributed by atoms with Crippen molar-refractivity contribution in [1.29, 1.82) is 0 Å². The molecule has 0 radical (unpaired) electrons. The summed E-state index contributed by atoms with van der Waals surface area (Å²) in [6.45, 7) is 4.89. The fraction of sp³-hybridized carbons (Fsp3) is 0.706. The highest BCUT2D eigenvalue weighted by Gasteiger charge is 2.48. The number of hydrogen-bond donors (Lipinski definition) is 0. The van der Waals surface area contributed by atoms with Gasteiger partial charge < -0.3 is 4.74 Å². The molecular weight excluding hydrogens is 326 g/mol. The fourth-order valence-electron chi connectivity index (χ4n) is 4.27. The van der Waals surface area contributed by atoms with Crippen LogP contribution in [0.25, 0.3) is 0 Å². The maximum atomic E-state index is 11.8. The first-order chi connectivity index (χ1) is 11.4. The quantitative estimate of drug-likeness (QED) is 0.796. The number of rotatable bonds is 5. The predicted octanol–water partition coefficient (Wildman–Crippen LogP) is 1.20. The Labute approximate surface area is 144 Å². The molecule has 2 aliphatic rings. The van der Waals surface area contributed by atoms with Crippen molar-refractivity contribution >= 4 is 10.0 Å². The Morgan fingerprint density at radius 1 is 1.38 bits per heavy atom. The van der Waals surface area contributed by atoms with Crippen LogP contribution in [0.5, 0.6) is 0 Å². The SMILES string of the molecule is COCC1CN(Cc2cccnc2)CC12CCN(S(C)(=O)=O)CC2. The van der Waals surface area contributed by atoms with Crippen LogP contribution in [-0.2, 0) is 21.3 Å². The third-order valence-electron chi connectivity index (χ3n) is 5.57. The number of hydrogen-bond acceptors (Lipinski definition) is 5. The monoisotopic (exact) mass is 353 g/mol. The van der Waals surface area contributed by atoms with E-state index in [4.69, 9.17) is 4.74 Å². The van der Waals surface area contributed by atoms with Gasteiger partial charge in [0.05, 0.1) is 12.9 Å². The molecule has 1 unspecified atom stereocenters. The zero-order valence-electron chi connectivity index (χ0n) is 14.5. The third kappa shape index (κ3) is 3.79. The molecule has 1 spiro atoms. The number of piperidine rings is 1. The Balaban J connectivity index is 1.70. The molecule has 0 bridgehead atoms. The lowest BCUT2D eigenvalue weighted by Gasteiger charge is -2.41. The second kappa shape index (κ2) is 7.07. The van der Waals surface area contributed by atoms with Gasteiger partial charge in [-0.3, -0.25) is 9.88 Å². The van der Waals surface area contributed by atoms with E-state index < -0.39 is 10.0 Å². The molecule has 2 aliphatic heterocycles. The normalized spacial score (nSPS) is 25.3. The van der Waals surface area contributed by atoms with Crippen LogP contribution in [0.15, 0.2) is 24.5 Å². The summed E-state index contributed by atoms with van der Waals surface area (Å²) in [6.07, 6.45) is 6.85. The van der Waals surface area contributed by atoms with Crippen LogP contribution >= 0.6 is 0 Å². The van der Waals surface area contributed by atoms with E-state index >= 15 is 0 Å². The number of sulfonamides is 1. The van der Waals surface area contributed by atoms with Crippen molar-refractivity contribution < 1.29 is 13.2 Å². The third-order valence-corrected chi connectivity index (χ3v) is 6.87. The number of aromatic nitrogens is 1. The van der Waals surface area contributed by atoms with Crippen LogP contribution in [0, 0.1) is 11.3 Å². The van der Waals surface area contributed by atoms with Crippen molar-refractivity contribution in [3.63, 3.8) is 0 Å². The number of ether oxygens (including phenoxy) is 1. The Bertz CT molecular complexity index is 642. The molecule has 0 aromatic carbocycles. The summed E-state index contributed by atoms with van der Waals surface area (Å²) in [5, 5.41) is 0. The molecule has 1 atom stereocenters. The van der Waals surface area contributed by atoms with Gasteiger partial charge in [-0.05, 0) is 29.9 Å². The molecule has 24 heavy (non-hydrogen) atoms. The Hall–Kier alpha value is -1.02. The summed E-state index contributed by atoms with van der Waals surface area (Å²) < 4.78 is 30.7. The summed E-state index contributed by atoms with van der Waals surface area (Å²) >= 11 is 0. The number of pyridine rings is 1. The summed E-state index contributed by atoms with van der Waals surface area (Å²) in [5.74, 6) is 0.459. The molecule has 0 aliphatic carbocycles. The Morgan fingerprint density at radius 3 is 2.71 bits per heavy atom. The van der Waals surface area contributed by atoms with Crippen LogP contribution in [-0.4, -0.2) is 68.8 Å². The molecule has 1 aromatic heterocycles. The molecule has 134 valence electrons. The van der Waals surface area contributed by atoms with Gasteiger partial charge in [-0.2, -0.15) is 0 Å². The molecule has 0 amide bonds. The lowest BCUT2D eigenvalue weighted by Crippen LogP contribution is -2.46. The van der Waals surface area contributed by atoms with E-state index in [0.717, 1.165) is 39.1 Å². The molecule has 0 N–H and O–H groups in total. The second-order valence-electron chi connectivity index (χ2n) is 7.21. The lowest BCUT2D eigenvalue weighted by atomic mass is 9.71. The average molecular weight is 353 g/mol. The minimum atomic E-state index is -3.08. The Kier molecular flexibility index (Phi) is 5.24. The number of nitrogens with zero attached hydrogens (tertiary/aromatic N) is 3. The maximum Gasteiger partial charge on any atom is 0.211 e. The molecule has 3 rings (SSSR count). The summed E-state index contributed by atoms with van der Waals surface area (Å²) in [6, 6.07) is 4.08. The van der Waals surface area contributed by atoms with E-state index in [1.807, 2.05) is 12.3 Å². The first-order valence-corrected chi connectivity index (χ1v) is 10.3. The Morgan fingerprint density at radius 2 is 2.12 bits per heavy atom. The topological polar surface area (TPSA) is 62.7 Å². The van der Waals surface area contributed by atoms with Crippen molar-refractivity contribution in [3.8, 4) is 0 Å². The van der Waals surface area contributed by atoms with Gasteiger partial charge in [-0.1, -0.05) is 6.07 Å². The minimum absolute atomic E-state index is 0.166. The van der Waals surface area contributed by atoms with E-state index in [2.05, 4.69) is 16.0 Å². The summed E-state index contributed by atoms with van der Waals surface area (Å²) in [7, 11) is -1.33. The summed E-state index contributed by atoms with van der Waals surface area (Å²) in [5.41, 5.74) is 1.39. The lowest BCUT2D eigenvalue weighted by molar-refractivity contribution is 0.0569. The highest BCUT2D eigenvalue weighted by molar-refractivity contribution is 7.88. The van der Waals surface area contributed by atoms with Crippen molar-refractivity contribution in [1.82, 2.24) is 14.2 Å². The van der Waals surface area contributed by atoms with Crippen molar-refractivity contribution in [2.45, 2.75) is 19.4 Å². The van der Waals surface area contributed by atoms with E-state index in [1.54, 1.807) is 17.6 Å². The van der Waals surface area contributed by atoms with E-state index in [9.17, 15) is 8.42 Å². The van der Waals surface area contributed by atoms with E-state index in [0.29, 0.717) is 19.0 Å². The molecule has 7 heteroatoms. The van der Waals surface area contributed by atoms with Crippen molar-refractivity contribution in [3.05, 3.63) is 30.1 Å². The van der Waals surface area contributed by atoms with Gasteiger partial charge in [0.2, 0.25) is 10.0 Å². The highest BCUT2D eigenvalue weighted by Crippen LogP contribution is 2.45. The minimum Gasteiger partial charge on any atom is -0.384 e. The smallest absolute Gasteiger partial charge is 0.211 e. The maximum absolute atomic E-state index is 11.8. The second-order valence-corrected chi connectivity index (χ2v) is 9.19. The zero-order chi connectivity index (χ0) is 17.2. The van der Waals surface area contributed by atoms with Gasteiger partial charge in [0.1, 0.15) is 0 Å². The van der Waals surface area contributed by atoms with Crippen LogP contribution in [0.3, 0.4) is 0 Å². The van der Waals surface area contributed by atoms with Gasteiger partial charge >= 0.3 is 0 Å². The van der Waals surface area contributed by atoms with Gasteiger partial charge in [0.25, 0.3) is 0 Å². The largest absolute Gasteiger partial charge is 0.384 e. The van der Waals surface area contributed by atoms with Gasteiger partial charge in [0.15, 0.2) is 0 Å². The zero-order valence-corrected chi connectivity index (χ0v) is 15.3. The van der Waals surface area contributed by atoms with Crippen LogP contribution < -0.4 is 0 Å². The molecule has 2 saturated heterocycles. The standard InChI is InChI=1S/C17H27N3O3S/c1-23-13-16-12-19(11-15-4-3-7-18-10-15)14-17(16)5-8-20(9-6-17)24(2,21)22/h3-4,7,10,16H,5-6,8-9,11-14H2,1-2H3. The van der Waals surface area contributed by atoms with Crippen LogP contribution in [0.2, 0.25) is 0 Å². The number of methoxy groups -OCH3 is 1. The van der Waals surface area contributed by atoms with Gasteiger partial charge in [-0.15, -0.1) is 0 Å². The van der Waals surface area contributed by atoms with Gasteiger partial charge in [-0.25, -0.2) is 12.7 Å². The number of likely N-dealkylation sites (tertiary alicyclic amines) is 1. The molecular formula is C17H27N3O3S. The highest BCUT2D eigenvalue weighted by atomic mass is 32.2. The first kappa shape index (κ1) is 17.8. The molecule has 1 aromatic rings. The average Bonchev–Trinajstić information content (AvgIpc) is 2.85. The summed E-state index contributed by atoms with van der Waals surface area (Å²) in [4.78, 5) is 6.67. The van der Waals surface area contributed by atoms with Crippen molar-refractivity contribution in [2.75, 3.05) is 46.2 Å². The molecule has 0 saturated carbocycles. The van der Waals surface area contributed by atoms with Gasteiger partial charge in [0, 0.05) is 58.1 Å². The van der Waals surface area contributed by atoms with E-state index in [1.165, 1.54) is 11.8 Å². The predicted molar refractivity (Wildman–Crippen MR) is 93.0 cm³/mol. The molecule has 3 heterocycles. The molecule has 6 nitrogen and oxygen atoms in total. The van der Waals surface area contributed by atoms with Crippen molar-refractivity contribution in [2.24, 2.45) is 11.3 Å². The fourth-order valence-corrected chi connectivity index (χ4v) is 5.12. The van der Waals surface area contributed by atoms with Crippen LogP contribution in [0.1, 0.15) is 18.4 Å².